The fraction of sp³-hybridized carbons (Fsp3) is 0.273. The van der Waals surface area contributed by atoms with Crippen molar-refractivity contribution in [3.63, 3.8) is 0 Å². The number of hydrogen-bond acceptors (Lipinski definition) is 3. The van der Waals surface area contributed by atoms with E-state index in [2.05, 4.69) is 10.8 Å². The number of ether oxygens (including phenoxy) is 1. The molecule has 0 bridgehead atoms. The Kier molecular flexibility index (Phi) is 5.53. The van der Waals surface area contributed by atoms with Gasteiger partial charge < -0.3 is 4.74 Å². The number of methoxy groups -OCH3 is 1. The molecular formula is C22H25NO3S. The highest BCUT2D eigenvalue weighted by Crippen LogP contribution is 2.27. The first kappa shape index (κ1) is 19.4. The Morgan fingerprint density at radius 2 is 1.67 bits per heavy atom. The molecule has 0 aliphatic heterocycles. The highest BCUT2D eigenvalue weighted by atomic mass is 32.2. The van der Waals surface area contributed by atoms with Gasteiger partial charge in [0.05, 0.1) is 12.0 Å². The average Bonchev–Trinajstić information content (AvgIpc) is 2.65. The first-order valence-electron chi connectivity index (χ1n) is 9.01. The second-order valence-electron chi connectivity index (χ2n) is 6.82. The zero-order valence-corrected chi connectivity index (χ0v) is 16.9. The van der Waals surface area contributed by atoms with Crippen molar-refractivity contribution in [2.45, 2.75) is 38.1 Å². The van der Waals surface area contributed by atoms with Crippen LogP contribution in [0.4, 0.5) is 0 Å². The van der Waals surface area contributed by atoms with Crippen LogP contribution >= 0.6 is 0 Å². The summed E-state index contributed by atoms with van der Waals surface area (Å²) in [7, 11) is -2.02. The molecule has 0 aliphatic rings. The van der Waals surface area contributed by atoms with Crippen LogP contribution < -0.4 is 9.46 Å². The van der Waals surface area contributed by atoms with Gasteiger partial charge in [0.1, 0.15) is 5.75 Å². The molecule has 3 aromatic rings. The molecule has 5 heteroatoms. The van der Waals surface area contributed by atoms with Gasteiger partial charge in [-0.1, -0.05) is 42.8 Å². The third-order valence-corrected chi connectivity index (χ3v) is 6.30. The maximum Gasteiger partial charge on any atom is 0.241 e. The van der Waals surface area contributed by atoms with Gasteiger partial charge in [-0.25, -0.2) is 13.1 Å². The van der Waals surface area contributed by atoms with Crippen LogP contribution in [0.25, 0.3) is 10.8 Å². The van der Waals surface area contributed by atoms with Gasteiger partial charge in [-0.2, -0.15) is 0 Å². The normalized spacial score (nSPS) is 12.9. The number of hydrogen-bond donors (Lipinski definition) is 1. The highest BCUT2D eigenvalue weighted by molar-refractivity contribution is 7.89. The number of nitrogens with one attached hydrogen (secondary N) is 1. The summed E-state index contributed by atoms with van der Waals surface area (Å²) < 4.78 is 34.1. The van der Waals surface area contributed by atoms with Crippen molar-refractivity contribution in [2.75, 3.05) is 7.11 Å². The van der Waals surface area contributed by atoms with Crippen molar-refractivity contribution >= 4 is 20.8 Å². The van der Waals surface area contributed by atoms with E-state index in [1.807, 2.05) is 57.2 Å². The van der Waals surface area contributed by atoms with E-state index < -0.39 is 10.0 Å². The summed E-state index contributed by atoms with van der Waals surface area (Å²) >= 11 is 0. The molecule has 0 radical (unpaired) electrons. The number of fused-ring (bicyclic) bond motifs is 1. The lowest BCUT2D eigenvalue weighted by Gasteiger charge is -2.20. The first-order chi connectivity index (χ1) is 12.8. The van der Waals surface area contributed by atoms with Gasteiger partial charge in [0.2, 0.25) is 10.0 Å². The predicted octanol–water partition coefficient (Wildman–Crippen LogP) is 4.89. The van der Waals surface area contributed by atoms with Crippen LogP contribution in [0.3, 0.4) is 0 Å². The Balaban J connectivity index is 1.94. The van der Waals surface area contributed by atoms with E-state index in [9.17, 15) is 8.42 Å². The van der Waals surface area contributed by atoms with E-state index in [0.29, 0.717) is 6.42 Å². The largest absolute Gasteiger partial charge is 0.497 e. The van der Waals surface area contributed by atoms with Gasteiger partial charge in [0.25, 0.3) is 0 Å². The molecule has 0 fully saturated rings. The average molecular weight is 384 g/mol. The van der Waals surface area contributed by atoms with E-state index in [1.165, 1.54) is 5.56 Å². The minimum absolute atomic E-state index is 0.262. The maximum atomic E-state index is 13.0. The zero-order valence-electron chi connectivity index (χ0n) is 16.1. The van der Waals surface area contributed by atoms with Crippen LogP contribution in [0.1, 0.15) is 36.1 Å². The SMILES string of the molecule is CC[C@@H](NS(=O)(=O)c1ccc2cc(OC)ccc2c1)c1ccc(C)cc1C. The lowest BCUT2D eigenvalue weighted by Crippen LogP contribution is -2.28. The topological polar surface area (TPSA) is 55.4 Å². The molecule has 0 heterocycles. The van der Waals surface area contributed by atoms with Crippen LogP contribution in [-0.4, -0.2) is 15.5 Å². The summed E-state index contributed by atoms with van der Waals surface area (Å²) in [6.07, 6.45) is 0.675. The molecule has 0 saturated heterocycles. The van der Waals surface area contributed by atoms with E-state index in [4.69, 9.17) is 4.74 Å². The lowest BCUT2D eigenvalue weighted by molar-refractivity contribution is 0.415. The van der Waals surface area contributed by atoms with Crippen molar-refractivity contribution in [3.05, 3.63) is 71.3 Å². The lowest BCUT2D eigenvalue weighted by atomic mass is 9.98. The van der Waals surface area contributed by atoms with Gasteiger partial charge in [0.15, 0.2) is 0 Å². The molecule has 0 aliphatic carbocycles. The second kappa shape index (κ2) is 7.71. The van der Waals surface area contributed by atoms with Crippen molar-refractivity contribution < 1.29 is 13.2 Å². The summed E-state index contributed by atoms with van der Waals surface area (Å²) in [5, 5.41) is 1.80. The van der Waals surface area contributed by atoms with Crippen molar-refractivity contribution in [1.82, 2.24) is 4.72 Å². The third kappa shape index (κ3) is 4.15. The Morgan fingerprint density at radius 3 is 2.33 bits per heavy atom. The van der Waals surface area contributed by atoms with E-state index >= 15 is 0 Å². The summed E-state index contributed by atoms with van der Waals surface area (Å²) in [6, 6.07) is 16.6. The standard InChI is InChI=1S/C22H25NO3S/c1-5-22(21-11-6-15(2)12-16(21)3)23-27(24,25)20-10-8-17-13-19(26-4)9-7-18(17)14-20/h6-14,22-23H,5H2,1-4H3/t22-/m1/s1. The Hall–Kier alpha value is -2.37. The van der Waals surface area contributed by atoms with Crippen LogP contribution in [0.5, 0.6) is 5.75 Å². The summed E-state index contributed by atoms with van der Waals surface area (Å²) in [5.74, 6) is 0.747. The second-order valence-corrected chi connectivity index (χ2v) is 8.53. The molecule has 4 nitrogen and oxygen atoms in total. The molecule has 3 aromatic carbocycles. The fourth-order valence-electron chi connectivity index (χ4n) is 3.33. The fourth-order valence-corrected chi connectivity index (χ4v) is 4.67. The van der Waals surface area contributed by atoms with Crippen LogP contribution in [0.2, 0.25) is 0 Å². The van der Waals surface area contributed by atoms with Crippen molar-refractivity contribution in [3.8, 4) is 5.75 Å². The molecule has 0 spiro atoms. The van der Waals surface area contributed by atoms with Gasteiger partial charge in [0, 0.05) is 6.04 Å². The number of aryl methyl sites for hydroxylation is 2. The molecule has 3 rings (SSSR count). The van der Waals surface area contributed by atoms with Crippen molar-refractivity contribution in [1.29, 1.82) is 0 Å². The molecule has 1 N–H and O–H groups in total. The molecule has 0 unspecified atom stereocenters. The van der Waals surface area contributed by atoms with Gasteiger partial charge in [-0.05, 0) is 66.4 Å². The minimum Gasteiger partial charge on any atom is -0.497 e. The molecule has 27 heavy (non-hydrogen) atoms. The first-order valence-corrected chi connectivity index (χ1v) is 10.5. The molecular weight excluding hydrogens is 358 g/mol. The zero-order chi connectivity index (χ0) is 19.6. The minimum atomic E-state index is -3.64. The predicted molar refractivity (Wildman–Crippen MR) is 110 cm³/mol. The van der Waals surface area contributed by atoms with Crippen LogP contribution in [0, 0.1) is 13.8 Å². The Morgan fingerprint density at radius 1 is 0.963 bits per heavy atom. The van der Waals surface area contributed by atoms with E-state index in [-0.39, 0.29) is 10.9 Å². The maximum absolute atomic E-state index is 13.0. The number of rotatable bonds is 6. The Labute approximate surface area is 161 Å². The molecule has 0 aromatic heterocycles. The monoisotopic (exact) mass is 383 g/mol. The molecule has 0 saturated carbocycles. The molecule has 0 amide bonds. The summed E-state index contributed by atoms with van der Waals surface area (Å²) in [5.41, 5.74) is 3.27. The summed E-state index contributed by atoms with van der Waals surface area (Å²) in [4.78, 5) is 0.267. The highest BCUT2D eigenvalue weighted by Gasteiger charge is 2.21. The van der Waals surface area contributed by atoms with E-state index in [1.54, 1.807) is 19.2 Å². The van der Waals surface area contributed by atoms with Crippen molar-refractivity contribution in [2.24, 2.45) is 0 Å². The molecule has 1 atom stereocenters. The van der Waals surface area contributed by atoms with Crippen LogP contribution in [0.15, 0.2) is 59.5 Å². The smallest absolute Gasteiger partial charge is 0.241 e. The quantitative estimate of drug-likeness (QED) is 0.659. The van der Waals surface area contributed by atoms with Gasteiger partial charge >= 0.3 is 0 Å². The number of benzene rings is 3. The number of sulfonamides is 1. The Bertz CT molecular complexity index is 1070. The molecule has 142 valence electrons. The van der Waals surface area contributed by atoms with Crippen LogP contribution in [-0.2, 0) is 10.0 Å². The third-order valence-electron chi connectivity index (χ3n) is 4.84. The van der Waals surface area contributed by atoms with Gasteiger partial charge in [-0.15, -0.1) is 0 Å². The van der Waals surface area contributed by atoms with Gasteiger partial charge in [-0.3, -0.25) is 0 Å². The summed E-state index contributed by atoms with van der Waals surface area (Å²) in [6.45, 7) is 6.04. The van der Waals surface area contributed by atoms with E-state index in [0.717, 1.165) is 27.6 Å².